The summed E-state index contributed by atoms with van der Waals surface area (Å²) in [5.41, 5.74) is 3.28. The summed E-state index contributed by atoms with van der Waals surface area (Å²) in [6.45, 7) is 0.0499. The fraction of sp³-hybridized carbons (Fsp3) is 0.222. The highest BCUT2D eigenvalue weighted by Gasteiger charge is 2.29. The minimum absolute atomic E-state index is 0.0479. The molecule has 8 nitrogen and oxygen atoms in total. The maximum absolute atomic E-state index is 14.5. The van der Waals surface area contributed by atoms with Gasteiger partial charge >= 0.3 is 0 Å². The summed E-state index contributed by atoms with van der Waals surface area (Å²) >= 11 is 0. The second-order valence-corrected chi connectivity index (χ2v) is 9.33. The molecule has 192 valence electrons. The van der Waals surface area contributed by atoms with E-state index >= 15 is 0 Å². The van der Waals surface area contributed by atoms with Gasteiger partial charge in [0, 0.05) is 24.2 Å². The van der Waals surface area contributed by atoms with E-state index in [0.29, 0.717) is 58.6 Å². The molecule has 0 aliphatic heterocycles. The van der Waals surface area contributed by atoms with E-state index in [1.54, 1.807) is 35.3 Å². The van der Waals surface area contributed by atoms with Crippen LogP contribution in [0, 0.1) is 11.6 Å². The lowest BCUT2D eigenvalue weighted by molar-refractivity contribution is 0.0947. The van der Waals surface area contributed by atoms with Crippen LogP contribution in [-0.2, 0) is 6.54 Å². The van der Waals surface area contributed by atoms with E-state index in [0.717, 1.165) is 0 Å². The highest BCUT2D eigenvalue weighted by atomic mass is 19.1. The fourth-order valence-corrected chi connectivity index (χ4v) is 4.78. The maximum atomic E-state index is 14.5. The van der Waals surface area contributed by atoms with Gasteiger partial charge in [0.1, 0.15) is 35.5 Å². The third-order valence-electron chi connectivity index (χ3n) is 6.69. The summed E-state index contributed by atoms with van der Waals surface area (Å²) in [7, 11) is 0. The van der Waals surface area contributed by atoms with Crippen LogP contribution < -0.4 is 5.32 Å². The summed E-state index contributed by atoms with van der Waals surface area (Å²) in [5, 5.41) is 7.06. The zero-order valence-corrected chi connectivity index (χ0v) is 20.0. The molecule has 0 spiro atoms. The van der Waals surface area contributed by atoms with Gasteiger partial charge in [0.25, 0.3) is 5.91 Å². The molecule has 2 unspecified atom stereocenters. The van der Waals surface area contributed by atoms with Crippen molar-refractivity contribution in [3.63, 3.8) is 0 Å². The van der Waals surface area contributed by atoms with Crippen LogP contribution in [0.25, 0.3) is 28.0 Å². The zero-order valence-electron chi connectivity index (χ0n) is 20.0. The van der Waals surface area contributed by atoms with Crippen LogP contribution in [0.5, 0.6) is 0 Å². The Kier molecular flexibility index (Phi) is 6.10. The molecule has 1 fully saturated rings. The number of imidazole rings is 1. The van der Waals surface area contributed by atoms with Gasteiger partial charge in [-0.2, -0.15) is 5.10 Å². The number of nitrogens with one attached hydrogen (secondary N) is 2. The monoisotopic (exact) mass is 517 g/mol. The highest BCUT2D eigenvalue weighted by Crippen LogP contribution is 2.35. The standard InChI is InChI=1S/C27H22F3N7O/c28-19-3-5-22(6-4-19)37-13-18(12-34-37)17-7-15(8-21(30)10-17)11-31-27(38)24-23-26(33-14-32-24)36-25(35-23)16-1-2-20(29)9-16/h3-8,10,12-14,16,20H,1-2,9,11H2,(H,31,38)(H,32,33,35,36). The van der Waals surface area contributed by atoms with Crippen molar-refractivity contribution in [2.24, 2.45) is 0 Å². The number of carbonyl (C=O) groups excluding carboxylic acids is 1. The number of halogens is 3. The lowest BCUT2D eigenvalue weighted by atomic mass is 10.1. The van der Waals surface area contributed by atoms with Crippen LogP contribution in [0.15, 0.2) is 61.2 Å². The predicted octanol–water partition coefficient (Wildman–Crippen LogP) is 5.02. The Labute approximate surface area is 215 Å². The van der Waals surface area contributed by atoms with E-state index in [2.05, 4.69) is 30.4 Å². The Bertz CT molecular complexity index is 1630. The first kappa shape index (κ1) is 23.8. The van der Waals surface area contributed by atoms with Crippen molar-refractivity contribution in [1.29, 1.82) is 0 Å². The van der Waals surface area contributed by atoms with Gasteiger partial charge in [0.2, 0.25) is 0 Å². The topological polar surface area (TPSA) is 101 Å². The molecule has 2 aromatic carbocycles. The number of H-pyrrole nitrogens is 1. The molecule has 3 aromatic heterocycles. The average Bonchev–Trinajstić information content (AvgIpc) is 3.66. The molecule has 0 saturated heterocycles. The van der Waals surface area contributed by atoms with Crippen LogP contribution >= 0.6 is 0 Å². The second kappa shape index (κ2) is 9.73. The molecule has 0 radical (unpaired) electrons. The molecule has 6 rings (SSSR count). The van der Waals surface area contributed by atoms with Gasteiger partial charge in [-0.25, -0.2) is 32.8 Å². The van der Waals surface area contributed by atoms with Crippen LogP contribution in [0.4, 0.5) is 13.2 Å². The van der Waals surface area contributed by atoms with Crippen molar-refractivity contribution in [1.82, 2.24) is 35.0 Å². The smallest absolute Gasteiger partial charge is 0.272 e. The van der Waals surface area contributed by atoms with Crippen molar-refractivity contribution in [2.75, 3.05) is 0 Å². The number of nitrogens with zero attached hydrogens (tertiary/aromatic N) is 5. The summed E-state index contributed by atoms with van der Waals surface area (Å²) in [6, 6.07) is 10.3. The van der Waals surface area contributed by atoms with E-state index in [-0.39, 0.29) is 24.0 Å². The van der Waals surface area contributed by atoms with Crippen LogP contribution in [-0.4, -0.2) is 41.8 Å². The largest absolute Gasteiger partial charge is 0.347 e. The number of aromatic nitrogens is 6. The molecule has 2 atom stereocenters. The second-order valence-electron chi connectivity index (χ2n) is 9.33. The Hall–Kier alpha value is -4.54. The average molecular weight is 518 g/mol. The van der Waals surface area contributed by atoms with Gasteiger partial charge in [-0.3, -0.25) is 4.79 Å². The van der Waals surface area contributed by atoms with Crippen molar-refractivity contribution < 1.29 is 18.0 Å². The summed E-state index contributed by atoms with van der Waals surface area (Å²) in [4.78, 5) is 28.8. The predicted molar refractivity (Wildman–Crippen MR) is 133 cm³/mol. The number of amides is 1. The number of alkyl halides is 1. The third-order valence-corrected chi connectivity index (χ3v) is 6.69. The molecule has 1 aliphatic rings. The molecule has 2 N–H and O–H groups in total. The molecule has 1 saturated carbocycles. The molecule has 1 amide bonds. The molecule has 5 aromatic rings. The number of benzene rings is 2. The number of rotatable bonds is 6. The molecule has 0 bridgehead atoms. The Balaban J connectivity index is 1.19. The van der Waals surface area contributed by atoms with Gasteiger partial charge in [-0.15, -0.1) is 0 Å². The van der Waals surface area contributed by atoms with Gasteiger partial charge in [0.15, 0.2) is 11.3 Å². The SMILES string of the molecule is O=C(NCc1cc(F)cc(-c2cnn(-c3ccc(F)cc3)c2)c1)c1ncnc2nc(C3CCC(F)C3)[nH]c12. The summed E-state index contributed by atoms with van der Waals surface area (Å²) in [6.07, 6.45) is 5.27. The third kappa shape index (κ3) is 4.74. The first-order chi connectivity index (χ1) is 18.4. The lowest BCUT2D eigenvalue weighted by Gasteiger charge is -2.08. The molecule has 38 heavy (non-hydrogen) atoms. The lowest BCUT2D eigenvalue weighted by Crippen LogP contribution is -2.24. The van der Waals surface area contributed by atoms with Crippen molar-refractivity contribution in [3.8, 4) is 16.8 Å². The Morgan fingerprint density at radius 3 is 2.68 bits per heavy atom. The minimum Gasteiger partial charge on any atom is -0.347 e. The van der Waals surface area contributed by atoms with Crippen LogP contribution in [0.1, 0.15) is 47.1 Å². The number of fused-ring (bicyclic) bond motifs is 1. The Morgan fingerprint density at radius 2 is 1.89 bits per heavy atom. The number of carbonyl (C=O) groups is 1. The molecule has 3 heterocycles. The fourth-order valence-electron chi connectivity index (χ4n) is 4.78. The van der Waals surface area contributed by atoms with E-state index in [1.165, 1.54) is 30.6 Å². The van der Waals surface area contributed by atoms with Crippen LogP contribution in [0.2, 0.25) is 0 Å². The Morgan fingerprint density at radius 1 is 1.05 bits per heavy atom. The normalized spacial score (nSPS) is 17.2. The van der Waals surface area contributed by atoms with Gasteiger partial charge in [-0.1, -0.05) is 0 Å². The summed E-state index contributed by atoms with van der Waals surface area (Å²) < 4.78 is 42.9. The number of hydrogen-bond donors (Lipinski definition) is 2. The van der Waals surface area contributed by atoms with E-state index in [1.807, 2.05) is 0 Å². The zero-order chi connectivity index (χ0) is 26.2. The maximum Gasteiger partial charge on any atom is 0.272 e. The first-order valence-electron chi connectivity index (χ1n) is 12.2. The number of aromatic amines is 1. The van der Waals surface area contributed by atoms with E-state index in [9.17, 15) is 18.0 Å². The molecule has 1 aliphatic carbocycles. The minimum atomic E-state index is -0.851. The van der Waals surface area contributed by atoms with Crippen molar-refractivity contribution in [3.05, 3.63) is 89.9 Å². The first-order valence-corrected chi connectivity index (χ1v) is 12.2. The van der Waals surface area contributed by atoms with E-state index in [4.69, 9.17) is 0 Å². The van der Waals surface area contributed by atoms with Gasteiger partial charge in [0.05, 0.1) is 11.9 Å². The molecular weight excluding hydrogens is 495 g/mol. The van der Waals surface area contributed by atoms with Gasteiger partial charge in [-0.05, 0) is 72.9 Å². The highest BCUT2D eigenvalue weighted by molar-refractivity contribution is 6.02. The van der Waals surface area contributed by atoms with Gasteiger partial charge < -0.3 is 10.3 Å². The number of hydrogen-bond acceptors (Lipinski definition) is 5. The van der Waals surface area contributed by atoms with Crippen molar-refractivity contribution >= 4 is 17.1 Å². The molecular formula is C27H22F3N7O. The van der Waals surface area contributed by atoms with Crippen molar-refractivity contribution in [2.45, 2.75) is 37.9 Å². The van der Waals surface area contributed by atoms with E-state index < -0.39 is 17.9 Å². The molecule has 11 heteroatoms. The summed E-state index contributed by atoms with van der Waals surface area (Å²) in [5.74, 6) is -0.736. The van der Waals surface area contributed by atoms with Crippen LogP contribution in [0.3, 0.4) is 0 Å². The quantitative estimate of drug-likeness (QED) is 0.329.